The number of oxime groups is 1. The number of pyridine rings is 1. The van der Waals surface area contributed by atoms with Crippen LogP contribution < -0.4 is 15.6 Å². The molecule has 0 saturated carbocycles. The van der Waals surface area contributed by atoms with Crippen molar-refractivity contribution in [2.24, 2.45) is 5.16 Å². The Morgan fingerprint density at radius 3 is 2.79 bits per heavy atom. The van der Waals surface area contributed by atoms with E-state index in [2.05, 4.69) is 20.4 Å². The van der Waals surface area contributed by atoms with Crippen molar-refractivity contribution < 1.29 is 28.9 Å². The number of thioether (sulfide) groups is 1. The number of nitrogen functional groups attached to an aromatic ring is 1. The Kier molecular flexibility index (Phi) is 7.11. The molecule has 5 heterocycles. The second kappa shape index (κ2) is 10.6. The summed E-state index contributed by atoms with van der Waals surface area (Å²) in [7, 11) is 1.28. The van der Waals surface area contributed by atoms with Crippen LogP contribution in [0.5, 0.6) is 0 Å². The Labute approximate surface area is 224 Å². The molecule has 2 atom stereocenters. The number of amides is 2. The van der Waals surface area contributed by atoms with Crippen LogP contribution in [0.2, 0.25) is 0 Å². The van der Waals surface area contributed by atoms with Gasteiger partial charge in [0.25, 0.3) is 11.8 Å². The fraction of sp³-hybridized carbons (Fsp3) is 0.261. The van der Waals surface area contributed by atoms with Crippen molar-refractivity contribution in [2.45, 2.75) is 24.5 Å². The van der Waals surface area contributed by atoms with Gasteiger partial charge in [0.05, 0.1) is 6.33 Å². The molecule has 0 spiro atoms. The number of carboxylic acid groups (broad SMARTS) is 1. The fourth-order valence-electron chi connectivity index (χ4n) is 4.22. The van der Waals surface area contributed by atoms with Crippen molar-refractivity contribution in [3.8, 4) is 0 Å². The van der Waals surface area contributed by atoms with Gasteiger partial charge in [-0.1, -0.05) is 5.16 Å². The van der Waals surface area contributed by atoms with Crippen LogP contribution >= 0.6 is 23.1 Å². The van der Waals surface area contributed by atoms with Gasteiger partial charge in [-0.05, 0) is 5.56 Å². The average molecular weight is 556 g/mol. The zero-order chi connectivity index (χ0) is 26.8. The van der Waals surface area contributed by atoms with E-state index in [-0.39, 0.29) is 22.2 Å². The molecule has 2 aliphatic heterocycles. The predicted octanol–water partition coefficient (Wildman–Crippen LogP) is 0.0469. The van der Waals surface area contributed by atoms with E-state index < -0.39 is 29.2 Å². The summed E-state index contributed by atoms with van der Waals surface area (Å²) in [6.45, 7) is 0.979. The Morgan fingerprint density at radius 2 is 2.16 bits per heavy atom. The molecule has 0 unspecified atom stereocenters. The lowest BCUT2D eigenvalue weighted by Crippen LogP contribution is -2.71. The van der Waals surface area contributed by atoms with E-state index in [0.29, 0.717) is 24.4 Å². The zero-order valence-corrected chi connectivity index (χ0v) is 21.7. The molecule has 3 aromatic heterocycles. The van der Waals surface area contributed by atoms with E-state index in [1.165, 1.54) is 23.8 Å². The average Bonchev–Trinajstić information content (AvgIpc) is 3.58. The molecular weight excluding hydrogens is 532 g/mol. The van der Waals surface area contributed by atoms with Gasteiger partial charge < -0.3 is 25.6 Å². The first-order chi connectivity index (χ1) is 18.4. The molecule has 0 aromatic carbocycles. The van der Waals surface area contributed by atoms with Crippen LogP contribution in [0.1, 0.15) is 11.3 Å². The van der Waals surface area contributed by atoms with Crippen molar-refractivity contribution in [1.82, 2.24) is 24.8 Å². The van der Waals surface area contributed by atoms with E-state index in [0.717, 1.165) is 16.9 Å². The van der Waals surface area contributed by atoms with Crippen LogP contribution in [-0.4, -0.2) is 72.3 Å². The molecule has 2 amide bonds. The number of imidazole rings is 1. The maximum absolute atomic E-state index is 13.0. The summed E-state index contributed by atoms with van der Waals surface area (Å²) < 4.78 is 3.82. The first kappa shape index (κ1) is 25.4. The fourth-order valence-corrected chi connectivity index (χ4v) is 6.10. The third-order valence-electron chi connectivity index (χ3n) is 5.96. The molecule has 15 heteroatoms. The molecule has 0 bridgehead atoms. The molecule has 4 N–H and O–H groups in total. The topological polar surface area (TPSA) is 169 Å². The Balaban J connectivity index is 1.29. The highest BCUT2D eigenvalue weighted by molar-refractivity contribution is 8.00. The third kappa shape index (κ3) is 4.97. The molecule has 1 saturated heterocycles. The maximum Gasteiger partial charge on any atom is 0.352 e. The van der Waals surface area contributed by atoms with Gasteiger partial charge in [0.15, 0.2) is 29.8 Å². The second-order valence-electron chi connectivity index (χ2n) is 8.43. The quantitative estimate of drug-likeness (QED) is 0.143. The van der Waals surface area contributed by atoms with Crippen LogP contribution in [0.25, 0.3) is 0 Å². The number of nitrogens with zero attached hydrogens (tertiary/aromatic N) is 6. The van der Waals surface area contributed by atoms with Gasteiger partial charge in [-0.3, -0.25) is 14.5 Å². The molecule has 2 aliphatic rings. The van der Waals surface area contributed by atoms with Gasteiger partial charge in [-0.25, -0.2) is 19.3 Å². The number of carbonyl (C=O) groups excluding carboxylic acids is 2. The maximum atomic E-state index is 13.0. The summed E-state index contributed by atoms with van der Waals surface area (Å²) in [6.07, 6.45) is 9.07. The number of hydrogen-bond donors (Lipinski definition) is 3. The Hall–Kier alpha value is -4.24. The van der Waals surface area contributed by atoms with Crippen molar-refractivity contribution in [1.29, 1.82) is 0 Å². The molecule has 196 valence electrons. The number of rotatable bonds is 9. The number of fused-ring (bicyclic) bond motifs is 1. The van der Waals surface area contributed by atoms with Gasteiger partial charge in [0, 0.05) is 47.8 Å². The van der Waals surface area contributed by atoms with Gasteiger partial charge in [0.1, 0.15) is 29.9 Å². The number of aliphatic carboxylic acids is 1. The van der Waals surface area contributed by atoms with Crippen molar-refractivity contribution >= 4 is 51.7 Å². The van der Waals surface area contributed by atoms with Crippen LogP contribution in [0.4, 0.5) is 5.13 Å². The first-order valence-corrected chi connectivity index (χ1v) is 13.3. The summed E-state index contributed by atoms with van der Waals surface area (Å²) in [4.78, 5) is 52.2. The smallest absolute Gasteiger partial charge is 0.352 e. The predicted molar refractivity (Wildman–Crippen MR) is 138 cm³/mol. The molecule has 3 aromatic rings. The van der Waals surface area contributed by atoms with Gasteiger partial charge in [-0.15, -0.1) is 23.1 Å². The van der Waals surface area contributed by atoms with Crippen molar-refractivity contribution in [3.63, 3.8) is 0 Å². The highest BCUT2D eigenvalue weighted by Crippen LogP contribution is 2.40. The lowest BCUT2D eigenvalue weighted by atomic mass is 10.0. The van der Waals surface area contributed by atoms with E-state index in [9.17, 15) is 19.5 Å². The minimum absolute atomic E-state index is 0.0581. The Bertz CT molecular complexity index is 1430. The van der Waals surface area contributed by atoms with Gasteiger partial charge >= 0.3 is 5.97 Å². The second-order valence-corrected chi connectivity index (χ2v) is 10.4. The van der Waals surface area contributed by atoms with Crippen LogP contribution in [0, 0.1) is 0 Å². The molecule has 0 radical (unpaired) electrons. The van der Waals surface area contributed by atoms with Crippen molar-refractivity contribution in [2.75, 3.05) is 18.6 Å². The molecule has 5 rings (SSSR count). The summed E-state index contributed by atoms with van der Waals surface area (Å²) in [5, 5.41) is 17.6. The number of nitrogens with two attached hydrogens (primary N) is 1. The van der Waals surface area contributed by atoms with E-state index in [1.807, 2.05) is 39.9 Å². The Morgan fingerprint density at radius 1 is 1.37 bits per heavy atom. The first-order valence-electron chi connectivity index (χ1n) is 11.3. The molecule has 0 aliphatic carbocycles. The minimum Gasteiger partial charge on any atom is -0.477 e. The van der Waals surface area contributed by atoms with Crippen molar-refractivity contribution in [3.05, 3.63) is 71.2 Å². The molecule has 13 nitrogen and oxygen atoms in total. The number of carbonyl (C=O) groups is 3. The molecular formula is C23H23N8O5S2+. The number of thiazole rings is 1. The number of β-lactam (4-membered cyclic amide) rings is 1. The monoisotopic (exact) mass is 555 g/mol. The summed E-state index contributed by atoms with van der Waals surface area (Å²) in [5.74, 6) is -2.00. The lowest BCUT2D eigenvalue weighted by Gasteiger charge is -2.49. The SMILES string of the molecule is CON=C(C(=O)N[C@@H]1C(=O)N2C(C(=O)O)=C(C[n+]3ccc(Cn4ccnc4)cc3)CS[C@@H]12)c1csc(N)n1. The number of carboxylic acids is 1. The third-order valence-corrected chi connectivity index (χ3v) is 7.97. The normalized spacial score (nSPS) is 19.1. The number of aromatic nitrogens is 4. The van der Waals surface area contributed by atoms with E-state index >= 15 is 0 Å². The number of hydrogen-bond acceptors (Lipinski definition) is 10. The molecule has 1 fully saturated rings. The lowest BCUT2D eigenvalue weighted by molar-refractivity contribution is -0.689. The standard InChI is InChI=1S/C23H22N8O5S2/c1-36-28-16(15-11-38-23(24)26-15)19(32)27-17-20(33)31-18(22(34)35)14(10-37-21(17)31)9-29-5-2-13(3-6-29)8-30-7-4-25-12-30/h2-7,11-12,17,21H,8-10H2,1H3,(H3-,24,26,27,32,34,35)/p+1/t17-,21+/m1/s1. The summed E-state index contributed by atoms with van der Waals surface area (Å²) in [5.41, 5.74) is 7.35. The van der Waals surface area contributed by atoms with Crippen LogP contribution in [-0.2, 0) is 32.3 Å². The highest BCUT2D eigenvalue weighted by Gasteiger charge is 2.54. The zero-order valence-electron chi connectivity index (χ0n) is 20.1. The highest BCUT2D eigenvalue weighted by atomic mass is 32.2. The van der Waals surface area contributed by atoms with Gasteiger partial charge in [0.2, 0.25) is 0 Å². The number of anilines is 1. The van der Waals surface area contributed by atoms with E-state index in [4.69, 9.17) is 10.6 Å². The minimum atomic E-state index is -1.19. The van der Waals surface area contributed by atoms with Gasteiger partial charge in [-0.2, -0.15) is 0 Å². The largest absolute Gasteiger partial charge is 0.477 e. The van der Waals surface area contributed by atoms with E-state index in [1.54, 1.807) is 17.9 Å². The van der Waals surface area contributed by atoms with Crippen LogP contribution in [0.15, 0.2) is 65.1 Å². The summed E-state index contributed by atoms with van der Waals surface area (Å²) in [6, 6.07) is 2.99. The summed E-state index contributed by atoms with van der Waals surface area (Å²) >= 11 is 2.52. The van der Waals surface area contributed by atoms with Crippen LogP contribution in [0.3, 0.4) is 0 Å². The molecule has 38 heavy (non-hydrogen) atoms. The number of nitrogens with one attached hydrogen (secondary N) is 1.